The first-order valence-electron chi connectivity index (χ1n) is 5.67. The van der Waals surface area contributed by atoms with Gasteiger partial charge in [-0.2, -0.15) is 0 Å². The van der Waals surface area contributed by atoms with Gasteiger partial charge in [0.05, 0.1) is 38.6 Å². The molecule has 1 aliphatic heterocycles. The van der Waals surface area contributed by atoms with Gasteiger partial charge in [0.1, 0.15) is 5.75 Å². The van der Waals surface area contributed by atoms with E-state index in [2.05, 4.69) is 0 Å². The molecule has 17 heavy (non-hydrogen) atoms. The fourth-order valence-electron chi connectivity index (χ4n) is 1.85. The van der Waals surface area contributed by atoms with Gasteiger partial charge in [0.2, 0.25) is 0 Å². The summed E-state index contributed by atoms with van der Waals surface area (Å²) >= 11 is 0. The van der Waals surface area contributed by atoms with Gasteiger partial charge in [0.25, 0.3) is 0 Å². The molecule has 4 nitrogen and oxygen atoms in total. The highest BCUT2D eigenvalue weighted by molar-refractivity contribution is 5.98. The van der Waals surface area contributed by atoms with Crippen molar-refractivity contribution in [2.45, 2.75) is 12.5 Å². The van der Waals surface area contributed by atoms with Gasteiger partial charge in [-0.15, -0.1) is 0 Å². The van der Waals surface area contributed by atoms with E-state index in [0.29, 0.717) is 37.6 Å². The second-order valence-electron chi connectivity index (χ2n) is 3.90. The molecule has 1 heterocycles. The standard InChI is InChI=1S/C13H16O4/c1-15-13-5-3-2-4-11(13)12(14)8-10-9-16-6-7-17-10/h2-5,10H,6-9H2,1H3. The van der Waals surface area contributed by atoms with Crippen molar-refractivity contribution in [3.8, 4) is 5.75 Å². The molecule has 92 valence electrons. The van der Waals surface area contributed by atoms with E-state index in [4.69, 9.17) is 14.2 Å². The smallest absolute Gasteiger partial charge is 0.169 e. The Kier molecular flexibility index (Phi) is 4.12. The summed E-state index contributed by atoms with van der Waals surface area (Å²) in [6.45, 7) is 1.66. The molecule has 0 saturated carbocycles. The summed E-state index contributed by atoms with van der Waals surface area (Å²) in [4.78, 5) is 12.1. The largest absolute Gasteiger partial charge is 0.496 e. The Labute approximate surface area is 100 Å². The van der Waals surface area contributed by atoms with Crippen molar-refractivity contribution >= 4 is 5.78 Å². The Balaban J connectivity index is 2.03. The molecule has 1 aromatic rings. The maximum Gasteiger partial charge on any atom is 0.169 e. The number of para-hydroxylation sites is 1. The summed E-state index contributed by atoms with van der Waals surface area (Å²) in [6.07, 6.45) is 0.196. The number of carbonyl (C=O) groups is 1. The van der Waals surface area contributed by atoms with E-state index in [1.54, 1.807) is 19.2 Å². The first kappa shape index (κ1) is 12.1. The van der Waals surface area contributed by atoms with Gasteiger partial charge in [0, 0.05) is 6.42 Å². The fourth-order valence-corrected chi connectivity index (χ4v) is 1.85. The van der Waals surface area contributed by atoms with Crippen LogP contribution in [0.4, 0.5) is 0 Å². The Bertz CT molecular complexity index is 383. The van der Waals surface area contributed by atoms with Crippen LogP contribution in [0.15, 0.2) is 24.3 Å². The van der Waals surface area contributed by atoms with Gasteiger partial charge in [-0.3, -0.25) is 4.79 Å². The van der Waals surface area contributed by atoms with Crippen LogP contribution < -0.4 is 4.74 Å². The van der Waals surface area contributed by atoms with Crippen molar-refractivity contribution in [1.82, 2.24) is 0 Å². The summed E-state index contributed by atoms with van der Waals surface area (Å²) in [5, 5.41) is 0. The summed E-state index contributed by atoms with van der Waals surface area (Å²) in [5.74, 6) is 0.632. The van der Waals surface area contributed by atoms with Crippen molar-refractivity contribution in [3.63, 3.8) is 0 Å². The topological polar surface area (TPSA) is 44.8 Å². The van der Waals surface area contributed by atoms with Crippen LogP contribution in [0.5, 0.6) is 5.75 Å². The molecule has 1 fully saturated rings. The number of methoxy groups -OCH3 is 1. The highest BCUT2D eigenvalue weighted by Gasteiger charge is 2.20. The van der Waals surface area contributed by atoms with Crippen molar-refractivity contribution in [2.75, 3.05) is 26.9 Å². The van der Waals surface area contributed by atoms with E-state index in [1.807, 2.05) is 12.1 Å². The van der Waals surface area contributed by atoms with Gasteiger partial charge in [0.15, 0.2) is 5.78 Å². The second-order valence-corrected chi connectivity index (χ2v) is 3.90. The molecule has 1 unspecified atom stereocenters. The lowest BCUT2D eigenvalue weighted by molar-refractivity contribution is -0.0868. The van der Waals surface area contributed by atoms with Gasteiger partial charge in [-0.05, 0) is 12.1 Å². The molecule has 1 aromatic carbocycles. The molecule has 4 heteroatoms. The number of benzene rings is 1. The predicted molar refractivity (Wildman–Crippen MR) is 62.5 cm³/mol. The number of ether oxygens (including phenoxy) is 3. The van der Waals surface area contributed by atoms with E-state index in [9.17, 15) is 4.79 Å². The minimum atomic E-state index is -0.138. The number of rotatable bonds is 4. The summed E-state index contributed by atoms with van der Waals surface area (Å²) < 4.78 is 15.9. The normalized spacial score (nSPS) is 19.9. The third-order valence-electron chi connectivity index (χ3n) is 2.71. The summed E-state index contributed by atoms with van der Waals surface area (Å²) in [7, 11) is 1.56. The maximum absolute atomic E-state index is 12.1. The zero-order chi connectivity index (χ0) is 12.1. The molecule has 1 atom stereocenters. The van der Waals surface area contributed by atoms with E-state index >= 15 is 0 Å². The van der Waals surface area contributed by atoms with Gasteiger partial charge >= 0.3 is 0 Å². The van der Waals surface area contributed by atoms with E-state index in [1.165, 1.54) is 0 Å². The molecule has 0 N–H and O–H groups in total. The van der Waals surface area contributed by atoms with Crippen LogP contribution in [-0.2, 0) is 9.47 Å². The SMILES string of the molecule is COc1ccccc1C(=O)CC1COCCO1. The average molecular weight is 236 g/mol. The van der Waals surface area contributed by atoms with Crippen molar-refractivity contribution in [1.29, 1.82) is 0 Å². The summed E-state index contributed by atoms with van der Waals surface area (Å²) in [5.41, 5.74) is 0.601. The van der Waals surface area contributed by atoms with Crippen LogP contribution in [0.1, 0.15) is 16.8 Å². The molecular weight excluding hydrogens is 220 g/mol. The minimum Gasteiger partial charge on any atom is -0.496 e. The Morgan fingerprint density at radius 1 is 1.41 bits per heavy atom. The molecule has 1 saturated heterocycles. The Morgan fingerprint density at radius 2 is 2.24 bits per heavy atom. The van der Waals surface area contributed by atoms with Crippen LogP contribution in [0.25, 0.3) is 0 Å². The molecule has 0 spiro atoms. The van der Waals surface area contributed by atoms with E-state index < -0.39 is 0 Å². The van der Waals surface area contributed by atoms with Crippen LogP contribution in [0.2, 0.25) is 0 Å². The molecule has 1 aliphatic rings. The first-order valence-corrected chi connectivity index (χ1v) is 5.67. The number of carbonyl (C=O) groups excluding carboxylic acids is 1. The lowest BCUT2D eigenvalue weighted by Gasteiger charge is -2.22. The third kappa shape index (κ3) is 3.05. The maximum atomic E-state index is 12.1. The lowest BCUT2D eigenvalue weighted by Crippen LogP contribution is -2.30. The second kappa shape index (κ2) is 5.80. The van der Waals surface area contributed by atoms with Crippen molar-refractivity contribution in [3.05, 3.63) is 29.8 Å². The number of hydrogen-bond donors (Lipinski definition) is 0. The van der Waals surface area contributed by atoms with Crippen LogP contribution in [0.3, 0.4) is 0 Å². The monoisotopic (exact) mass is 236 g/mol. The lowest BCUT2D eigenvalue weighted by atomic mass is 10.0. The van der Waals surface area contributed by atoms with Crippen LogP contribution in [0, 0.1) is 0 Å². The molecule has 0 bridgehead atoms. The summed E-state index contributed by atoms with van der Waals surface area (Å²) in [6, 6.07) is 7.22. The Morgan fingerprint density at radius 3 is 2.94 bits per heavy atom. The molecule has 0 amide bonds. The average Bonchev–Trinajstić information content (AvgIpc) is 2.40. The van der Waals surface area contributed by atoms with Gasteiger partial charge in [-0.25, -0.2) is 0 Å². The fraction of sp³-hybridized carbons (Fsp3) is 0.462. The highest BCUT2D eigenvalue weighted by atomic mass is 16.6. The first-order chi connectivity index (χ1) is 8.31. The van der Waals surface area contributed by atoms with Crippen molar-refractivity contribution < 1.29 is 19.0 Å². The van der Waals surface area contributed by atoms with Gasteiger partial charge < -0.3 is 14.2 Å². The van der Waals surface area contributed by atoms with E-state index in [-0.39, 0.29) is 11.9 Å². The molecule has 0 aromatic heterocycles. The van der Waals surface area contributed by atoms with Crippen LogP contribution >= 0.6 is 0 Å². The van der Waals surface area contributed by atoms with Crippen molar-refractivity contribution in [2.24, 2.45) is 0 Å². The molecule has 0 radical (unpaired) electrons. The predicted octanol–water partition coefficient (Wildman–Crippen LogP) is 1.68. The zero-order valence-corrected chi connectivity index (χ0v) is 9.85. The number of Topliss-reactive ketones (excluding diaryl/α,β-unsaturated/α-hetero) is 1. The molecule has 2 rings (SSSR count). The third-order valence-corrected chi connectivity index (χ3v) is 2.71. The molecule has 0 aliphatic carbocycles. The van der Waals surface area contributed by atoms with Crippen LogP contribution in [-0.4, -0.2) is 38.8 Å². The van der Waals surface area contributed by atoms with Gasteiger partial charge in [-0.1, -0.05) is 12.1 Å². The number of hydrogen-bond acceptors (Lipinski definition) is 4. The zero-order valence-electron chi connectivity index (χ0n) is 9.85. The quantitative estimate of drug-likeness (QED) is 0.746. The minimum absolute atomic E-state index is 0.0259. The van der Waals surface area contributed by atoms with E-state index in [0.717, 1.165) is 0 Å². The molecular formula is C13H16O4. The Hall–Kier alpha value is -1.39. The highest BCUT2D eigenvalue weighted by Crippen LogP contribution is 2.20. The number of ketones is 1.